The maximum Gasteiger partial charge on any atom is 0.488 e. The maximum atomic E-state index is 12.3. The zero-order valence-corrected chi connectivity index (χ0v) is 16.6. The second-order valence-corrected chi connectivity index (χ2v) is 6.98. The highest BCUT2D eigenvalue weighted by molar-refractivity contribution is 6.58. The number of hydrogen-bond acceptors (Lipinski definition) is 8. The van der Waals surface area contributed by atoms with Gasteiger partial charge in [-0.3, -0.25) is 10.1 Å². The summed E-state index contributed by atoms with van der Waals surface area (Å²) in [5.41, 5.74) is 7.45. The zero-order chi connectivity index (χ0) is 22.4. The third-order valence-electron chi connectivity index (χ3n) is 4.69. The van der Waals surface area contributed by atoms with Gasteiger partial charge >= 0.3 is 13.1 Å². The molecule has 31 heavy (non-hydrogen) atoms. The summed E-state index contributed by atoms with van der Waals surface area (Å²) < 4.78 is 0.555. The first-order valence-electron chi connectivity index (χ1n) is 9.71. The Morgan fingerprint density at radius 1 is 1.10 bits per heavy atom. The molecule has 0 aliphatic heterocycles. The van der Waals surface area contributed by atoms with Gasteiger partial charge in [-0.15, -0.1) is 0 Å². The number of carbonyl (C=O) groups is 1. The Balaban J connectivity index is 1.44. The molecule has 0 unspecified atom stereocenters. The minimum atomic E-state index is -1.54. The molecule has 0 aliphatic carbocycles. The van der Waals surface area contributed by atoms with Gasteiger partial charge in [0.1, 0.15) is 0 Å². The van der Waals surface area contributed by atoms with E-state index < -0.39 is 13.2 Å². The molecule has 1 aromatic heterocycles. The number of para-hydroxylation sites is 2. The first kappa shape index (κ1) is 22.2. The van der Waals surface area contributed by atoms with E-state index in [1.807, 2.05) is 0 Å². The van der Waals surface area contributed by atoms with Crippen LogP contribution in [0.25, 0.3) is 11.0 Å². The van der Waals surface area contributed by atoms with E-state index >= 15 is 0 Å². The van der Waals surface area contributed by atoms with Crippen LogP contribution in [0.4, 0.5) is 5.95 Å². The molecule has 0 fully saturated rings. The molecule has 11 nitrogen and oxygen atoms in total. The number of amides is 1. The van der Waals surface area contributed by atoms with Gasteiger partial charge in [-0.05, 0) is 29.9 Å². The van der Waals surface area contributed by atoms with Crippen LogP contribution in [0.3, 0.4) is 0 Å². The van der Waals surface area contributed by atoms with Gasteiger partial charge in [0.15, 0.2) is 5.52 Å². The number of carbonyl (C=O) groups excluding carboxylic acids is 1. The Labute approximate surface area is 178 Å². The number of benzene rings is 2. The first-order chi connectivity index (χ1) is 14.9. The average Bonchev–Trinajstić information content (AvgIpc) is 2.77. The smallest absolute Gasteiger partial charge is 0.488 e. The molecule has 162 valence electrons. The van der Waals surface area contributed by atoms with Crippen LogP contribution >= 0.6 is 0 Å². The molecular weight excluding hydrogens is 403 g/mol. The van der Waals surface area contributed by atoms with E-state index in [1.54, 1.807) is 36.4 Å². The van der Waals surface area contributed by atoms with Crippen molar-refractivity contribution in [1.82, 2.24) is 10.4 Å². The number of nitrogens with zero attached hydrogens (tertiary/aromatic N) is 3. The van der Waals surface area contributed by atoms with Gasteiger partial charge < -0.3 is 31.5 Å². The van der Waals surface area contributed by atoms with Crippen LogP contribution in [0.2, 0.25) is 0 Å². The summed E-state index contributed by atoms with van der Waals surface area (Å²) in [6, 6.07) is 12.1. The molecule has 6 N–H and O–H groups in total. The number of nitrogens with two attached hydrogens (primary N) is 1. The monoisotopic (exact) mass is 426 g/mol. The molecule has 0 radical (unpaired) electrons. The Kier molecular flexibility index (Phi) is 7.18. The molecule has 0 aliphatic rings. The summed E-state index contributed by atoms with van der Waals surface area (Å²) in [6.45, 7) is 0.632. The standard InChI is InChI=1S/C19H23BN6O5/c21-15(12-13-6-8-14(9-7-13)20(28)29)18(27)22-10-3-11-23-19-24-26(31)17-5-2-1-4-16(17)25(19)30/h1-2,4-9,15,28-29H,3,10-12,21H2,(H,22,27)(H,23,24)/t15-/m0/s1. The van der Waals surface area contributed by atoms with E-state index in [0.29, 0.717) is 41.0 Å². The molecule has 2 aromatic carbocycles. The fraction of sp³-hybridized carbons (Fsp3) is 0.263. The van der Waals surface area contributed by atoms with Gasteiger partial charge in [-0.25, -0.2) is 4.73 Å². The topological polar surface area (TPSA) is 174 Å². The van der Waals surface area contributed by atoms with Crippen molar-refractivity contribution in [2.45, 2.75) is 18.9 Å². The summed E-state index contributed by atoms with van der Waals surface area (Å²) in [5.74, 6) is -0.445. The Morgan fingerprint density at radius 2 is 1.77 bits per heavy atom. The number of aromatic nitrogens is 3. The lowest BCUT2D eigenvalue weighted by atomic mass is 9.80. The van der Waals surface area contributed by atoms with E-state index in [9.17, 15) is 15.2 Å². The quantitative estimate of drug-likeness (QED) is 0.110. The number of nitrogens with one attached hydrogen (secondary N) is 2. The highest BCUT2D eigenvalue weighted by Crippen LogP contribution is 2.05. The van der Waals surface area contributed by atoms with Gasteiger partial charge in [0.2, 0.25) is 11.0 Å². The van der Waals surface area contributed by atoms with E-state index in [0.717, 1.165) is 5.56 Å². The average molecular weight is 426 g/mol. The zero-order valence-electron chi connectivity index (χ0n) is 16.6. The van der Waals surface area contributed by atoms with Crippen molar-refractivity contribution in [2.24, 2.45) is 5.73 Å². The third kappa shape index (κ3) is 5.57. The molecule has 1 amide bonds. The predicted octanol–water partition coefficient (Wildman–Crippen LogP) is -2.33. The van der Waals surface area contributed by atoms with Gasteiger partial charge in [0.25, 0.3) is 5.52 Å². The van der Waals surface area contributed by atoms with Crippen molar-refractivity contribution in [3.63, 3.8) is 0 Å². The lowest BCUT2D eigenvalue weighted by Gasteiger charge is -2.13. The number of hydrogen-bond donors (Lipinski definition) is 5. The maximum absolute atomic E-state index is 12.3. The van der Waals surface area contributed by atoms with Gasteiger partial charge in [-0.2, -0.15) is 0 Å². The second-order valence-electron chi connectivity index (χ2n) is 6.98. The van der Waals surface area contributed by atoms with Crippen LogP contribution in [0.1, 0.15) is 12.0 Å². The predicted molar refractivity (Wildman–Crippen MR) is 114 cm³/mol. The molecule has 12 heteroatoms. The Hall–Kier alpha value is -3.48. The fourth-order valence-corrected chi connectivity index (χ4v) is 3.00. The second kappa shape index (κ2) is 10.0. The van der Waals surface area contributed by atoms with E-state index in [2.05, 4.69) is 15.7 Å². The minimum absolute atomic E-state index is 0.117. The summed E-state index contributed by atoms with van der Waals surface area (Å²) in [7, 11) is -1.54. The highest BCUT2D eigenvalue weighted by Gasteiger charge is 2.19. The minimum Gasteiger partial charge on any atom is -0.739 e. The summed E-state index contributed by atoms with van der Waals surface area (Å²) in [4.78, 5) is 12.5. The van der Waals surface area contributed by atoms with Gasteiger partial charge in [0, 0.05) is 17.5 Å². The Morgan fingerprint density at radius 3 is 2.45 bits per heavy atom. The number of anilines is 1. The van der Waals surface area contributed by atoms with Crippen molar-refractivity contribution in [3.05, 3.63) is 64.5 Å². The first-order valence-corrected chi connectivity index (χ1v) is 9.71. The summed E-state index contributed by atoms with van der Waals surface area (Å²) >= 11 is 0. The van der Waals surface area contributed by atoms with Crippen molar-refractivity contribution in [1.29, 1.82) is 0 Å². The molecule has 3 aromatic rings. The van der Waals surface area contributed by atoms with Crippen LogP contribution in [-0.2, 0) is 11.2 Å². The van der Waals surface area contributed by atoms with Crippen LogP contribution in [-0.4, -0.2) is 47.3 Å². The molecular formula is C19H23BN6O5. The third-order valence-corrected chi connectivity index (χ3v) is 4.69. The summed E-state index contributed by atoms with van der Waals surface area (Å²) in [5, 5.41) is 51.6. The van der Waals surface area contributed by atoms with E-state index in [4.69, 9.17) is 15.8 Å². The highest BCUT2D eigenvalue weighted by atomic mass is 16.5. The van der Waals surface area contributed by atoms with Crippen LogP contribution in [0.5, 0.6) is 0 Å². The normalized spacial score (nSPS) is 11.8. The SMILES string of the molecule is N[C@@H](Cc1ccc(B(O)O)cc1)C(=O)NCCCNc1n[n+]([O-])c2ccccc2[n+]1[O-]. The molecule has 0 saturated heterocycles. The molecule has 0 saturated carbocycles. The van der Waals surface area contributed by atoms with E-state index in [1.165, 1.54) is 12.1 Å². The van der Waals surface area contributed by atoms with Crippen molar-refractivity contribution >= 4 is 35.5 Å². The number of rotatable bonds is 9. The Bertz CT molecular complexity index is 1050. The summed E-state index contributed by atoms with van der Waals surface area (Å²) in [6.07, 6.45) is 0.779. The molecule has 0 spiro atoms. The van der Waals surface area contributed by atoms with Crippen LogP contribution in [0, 0.1) is 10.4 Å². The van der Waals surface area contributed by atoms with Crippen molar-refractivity contribution < 1.29 is 24.4 Å². The molecule has 1 heterocycles. The largest absolute Gasteiger partial charge is 0.739 e. The van der Waals surface area contributed by atoms with Crippen molar-refractivity contribution in [2.75, 3.05) is 18.4 Å². The van der Waals surface area contributed by atoms with Gasteiger partial charge in [0.05, 0.1) is 12.6 Å². The molecule has 1 atom stereocenters. The fourth-order valence-electron chi connectivity index (χ4n) is 3.00. The number of fused-ring (bicyclic) bond motifs is 1. The van der Waals surface area contributed by atoms with Crippen molar-refractivity contribution in [3.8, 4) is 0 Å². The lowest BCUT2D eigenvalue weighted by molar-refractivity contribution is -0.672. The van der Waals surface area contributed by atoms with Crippen LogP contribution < -0.4 is 31.4 Å². The van der Waals surface area contributed by atoms with Crippen LogP contribution in [0.15, 0.2) is 48.5 Å². The lowest BCUT2D eigenvalue weighted by Crippen LogP contribution is -2.44. The molecule has 0 bridgehead atoms. The van der Waals surface area contributed by atoms with Gasteiger partial charge in [-0.1, -0.05) is 36.4 Å². The molecule has 3 rings (SSSR count). The van der Waals surface area contributed by atoms with E-state index in [-0.39, 0.29) is 22.9 Å².